The second-order valence-electron chi connectivity index (χ2n) is 9.54. The number of nitrogens with zero attached hydrogens (tertiary/aromatic N) is 2. The Bertz CT molecular complexity index is 804. The maximum Gasteiger partial charge on any atom is 0.243 e. The zero-order valence-electron chi connectivity index (χ0n) is 18.4. The lowest BCUT2D eigenvalue weighted by Crippen LogP contribution is -2.49. The summed E-state index contributed by atoms with van der Waals surface area (Å²) in [7, 11) is -3.51. The third kappa shape index (κ3) is 4.85. The number of likely N-dealkylation sites (tertiary alicyclic amines) is 1. The van der Waals surface area contributed by atoms with Gasteiger partial charge in [-0.25, -0.2) is 8.42 Å². The summed E-state index contributed by atoms with van der Waals surface area (Å²) in [6, 6.07) is 7.60. The van der Waals surface area contributed by atoms with Crippen molar-refractivity contribution in [2.24, 2.45) is 5.92 Å². The number of benzene rings is 1. The van der Waals surface area contributed by atoms with Crippen molar-refractivity contribution >= 4 is 15.9 Å². The number of carbonyl (C=O) groups excluding carboxylic acids is 1. The van der Waals surface area contributed by atoms with Crippen LogP contribution in [0.15, 0.2) is 29.2 Å². The Kier molecular flexibility index (Phi) is 6.74. The lowest BCUT2D eigenvalue weighted by Gasteiger charge is -2.39. The highest BCUT2D eigenvalue weighted by Gasteiger charge is 2.36. The van der Waals surface area contributed by atoms with Crippen LogP contribution in [0.5, 0.6) is 0 Å². The minimum Gasteiger partial charge on any atom is -0.339 e. The van der Waals surface area contributed by atoms with E-state index in [1.165, 1.54) is 6.42 Å². The molecule has 0 aromatic heterocycles. The summed E-state index contributed by atoms with van der Waals surface area (Å²) >= 11 is 0. The molecule has 2 aliphatic rings. The molecule has 2 fully saturated rings. The van der Waals surface area contributed by atoms with E-state index in [1.54, 1.807) is 16.4 Å². The molecule has 0 saturated carbocycles. The molecule has 1 aromatic carbocycles. The van der Waals surface area contributed by atoms with E-state index in [1.807, 2.05) is 12.1 Å². The minimum atomic E-state index is -3.51. The molecule has 0 bridgehead atoms. The average molecular weight is 421 g/mol. The molecular formula is C23H36N2O3S. The lowest BCUT2D eigenvalue weighted by atomic mass is 9.87. The van der Waals surface area contributed by atoms with E-state index in [4.69, 9.17) is 0 Å². The van der Waals surface area contributed by atoms with Gasteiger partial charge in [0.2, 0.25) is 15.9 Å². The summed E-state index contributed by atoms with van der Waals surface area (Å²) in [6.07, 6.45) is 5.62. The first kappa shape index (κ1) is 22.3. The van der Waals surface area contributed by atoms with Gasteiger partial charge >= 0.3 is 0 Å². The fourth-order valence-electron chi connectivity index (χ4n) is 4.57. The van der Waals surface area contributed by atoms with Crippen LogP contribution in [0, 0.1) is 5.92 Å². The van der Waals surface area contributed by atoms with Gasteiger partial charge in [-0.1, -0.05) is 39.8 Å². The molecule has 0 N–H and O–H groups in total. The predicted octanol–water partition coefficient (Wildman–Crippen LogP) is 4.18. The van der Waals surface area contributed by atoms with Crippen LogP contribution in [0.4, 0.5) is 0 Å². The molecule has 6 heteroatoms. The molecule has 0 aliphatic carbocycles. The first-order valence-electron chi connectivity index (χ1n) is 11.1. The van der Waals surface area contributed by atoms with Crippen molar-refractivity contribution in [1.29, 1.82) is 0 Å². The zero-order valence-corrected chi connectivity index (χ0v) is 19.2. The molecule has 1 atom stereocenters. The van der Waals surface area contributed by atoms with Crippen molar-refractivity contribution in [3.8, 4) is 0 Å². The fraction of sp³-hybridized carbons (Fsp3) is 0.696. The molecule has 162 valence electrons. The molecule has 0 spiro atoms. The van der Waals surface area contributed by atoms with Crippen LogP contribution >= 0.6 is 0 Å². The van der Waals surface area contributed by atoms with Crippen LogP contribution in [0.2, 0.25) is 0 Å². The average Bonchev–Trinajstić information content (AvgIpc) is 2.72. The molecule has 5 nitrogen and oxygen atoms in total. The van der Waals surface area contributed by atoms with E-state index in [0.29, 0.717) is 36.9 Å². The summed E-state index contributed by atoms with van der Waals surface area (Å²) < 4.78 is 27.7. The highest BCUT2D eigenvalue weighted by molar-refractivity contribution is 7.89. The van der Waals surface area contributed by atoms with Gasteiger partial charge < -0.3 is 4.90 Å². The number of hydrogen-bond acceptors (Lipinski definition) is 3. The second kappa shape index (κ2) is 8.76. The highest BCUT2D eigenvalue weighted by Crippen LogP contribution is 2.29. The van der Waals surface area contributed by atoms with Crippen LogP contribution in [0.1, 0.15) is 71.8 Å². The molecule has 2 aliphatic heterocycles. The number of piperidine rings is 2. The Morgan fingerprint density at radius 1 is 1.00 bits per heavy atom. The molecule has 1 amide bonds. The number of amides is 1. The van der Waals surface area contributed by atoms with Gasteiger partial charge in [0.15, 0.2) is 0 Å². The molecule has 2 saturated heterocycles. The van der Waals surface area contributed by atoms with Crippen molar-refractivity contribution in [3.63, 3.8) is 0 Å². The molecule has 0 radical (unpaired) electrons. The van der Waals surface area contributed by atoms with E-state index in [0.717, 1.165) is 31.4 Å². The number of sulfonamides is 1. The van der Waals surface area contributed by atoms with E-state index >= 15 is 0 Å². The summed E-state index contributed by atoms with van der Waals surface area (Å²) in [4.78, 5) is 15.5. The van der Waals surface area contributed by atoms with Gasteiger partial charge in [0, 0.05) is 31.6 Å². The van der Waals surface area contributed by atoms with Crippen molar-refractivity contribution in [2.75, 3.05) is 19.6 Å². The fourth-order valence-corrected chi connectivity index (χ4v) is 6.04. The molecule has 3 rings (SSSR count). The van der Waals surface area contributed by atoms with Gasteiger partial charge in [-0.3, -0.25) is 4.79 Å². The summed E-state index contributed by atoms with van der Waals surface area (Å²) in [6.45, 7) is 10.2. The standard InChI is InChI=1S/C23H36N2O3S/c1-5-20-8-6-7-15-25(20)22(26)18-13-16-24(17-14-18)29(27,28)21-11-9-19(10-12-21)23(2,3)4/h9-12,18,20H,5-8,13-17H2,1-4H3. The summed E-state index contributed by atoms with van der Waals surface area (Å²) in [5.41, 5.74) is 1.11. The van der Waals surface area contributed by atoms with Gasteiger partial charge in [0.05, 0.1) is 4.90 Å². The Balaban J connectivity index is 1.64. The lowest BCUT2D eigenvalue weighted by molar-refractivity contribution is -0.140. The molecule has 2 heterocycles. The maximum atomic E-state index is 13.1. The van der Waals surface area contributed by atoms with Crippen LogP contribution in [0.25, 0.3) is 0 Å². The third-order valence-corrected chi connectivity index (χ3v) is 8.46. The normalized spacial score (nSPS) is 22.6. The molecule has 1 unspecified atom stereocenters. The molecular weight excluding hydrogens is 384 g/mol. The monoisotopic (exact) mass is 420 g/mol. The number of rotatable bonds is 4. The van der Waals surface area contributed by atoms with E-state index in [2.05, 4.69) is 32.6 Å². The van der Waals surface area contributed by atoms with Crippen LogP contribution in [-0.4, -0.2) is 49.2 Å². The largest absolute Gasteiger partial charge is 0.339 e. The predicted molar refractivity (Wildman–Crippen MR) is 116 cm³/mol. The molecule has 29 heavy (non-hydrogen) atoms. The van der Waals surface area contributed by atoms with E-state index in [9.17, 15) is 13.2 Å². The smallest absolute Gasteiger partial charge is 0.243 e. The summed E-state index contributed by atoms with van der Waals surface area (Å²) in [5, 5.41) is 0. The van der Waals surface area contributed by atoms with Gasteiger partial charge in [-0.2, -0.15) is 4.31 Å². The van der Waals surface area contributed by atoms with E-state index in [-0.39, 0.29) is 17.2 Å². The van der Waals surface area contributed by atoms with Crippen molar-refractivity contribution in [3.05, 3.63) is 29.8 Å². The molecule has 1 aromatic rings. The highest BCUT2D eigenvalue weighted by atomic mass is 32.2. The van der Waals surface area contributed by atoms with Gasteiger partial charge in [0.1, 0.15) is 0 Å². The Morgan fingerprint density at radius 2 is 1.62 bits per heavy atom. The zero-order chi connectivity index (χ0) is 21.2. The van der Waals surface area contributed by atoms with Crippen LogP contribution in [0.3, 0.4) is 0 Å². The SMILES string of the molecule is CCC1CCCCN1C(=O)C1CCN(S(=O)(=O)c2ccc(C(C)(C)C)cc2)CC1. The van der Waals surface area contributed by atoms with Crippen LogP contribution < -0.4 is 0 Å². The summed E-state index contributed by atoms with van der Waals surface area (Å²) in [5.74, 6) is 0.194. The van der Waals surface area contributed by atoms with Gasteiger partial charge in [-0.15, -0.1) is 0 Å². The van der Waals surface area contributed by atoms with Crippen LogP contribution in [-0.2, 0) is 20.2 Å². The Hall–Kier alpha value is -1.40. The number of carbonyl (C=O) groups is 1. The van der Waals surface area contributed by atoms with Crippen molar-refractivity contribution < 1.29 is 13.2 Å². The Labute approximate surface area is 176 Å². The van der Waals surface area contributed by atoms with Crippen molar-refractivity contribution in [2.45, 2.75) is 82.6 Å². The first-order valence-corrected chi connectivity index (χ1v) is 12.5. The van der Waals surface area contributed by atoms with Gasteiger partial charge in [0.25, 0.3) is 0 Å². The number of hydrogen-bond donors (Lipinski definition) is 0. The van der Waals surface area contributed by atoms with Crippen molar-refractivity contribution in [1.82, 2.24) is 9.21 Å². The maximum absolute atomic E-state index is 13.1. The first-order chi connectivity index (χ1) is 13.6. The van der Waals surface area contributed by atoms with Gasteiger partial charge in [-0.05, 0) is 61.6 Å². The van der Waals surface area contributed by atoms with E-state index < -0.39 is 10.0 Å². The quantitative estimate of drug-likeness (QED) is 0.734. The minimum absolute atomic E-state index is 0.00814. The third-order valence-electron chi connectivity index (χ3n) is 6.54. The second-order valence-corrected chi connectivity index (χ2v) is 11.5. The Morgan fingerprint density at radius 3 is 2.17 bits per heavy atom. The topological polar surface area (TPSA) is 57.7 Å².